The van der Waals surface area contributed by atoms with Crippen LogP contribution in [0, 0.1) is 5.92 Å². The van der Waals surface area contributed by atoms with Gasteiger partial charge >= 0.3 is 6.09 Å². The number of benzene rings is 1. The third kappa shape index (κ3) is 3.50. The number of hydrogen-bond donors (Lipinski definition) is 0. The highest BCUT2D eigenvalue weighted by Crippen LogP contribution is 2.10. The molecule has 0 saturated carbocycles. The highest BCUT2D eigenvalue weighted by Gasteiger charge is 2.10. The predicted octanol–water partition coefficient (Wildman–Crippen LogP) is 3.29. The Hall–Kier alpha value is -1.64. The molecule has 0 saturated heterocycles. The molecule has 0 aliphatic rings. The lowest BCUT2D eigenvalue weighted by molar-refractivity contribution is 0.163. The van der Waals surface area contributed by atoms with Gasteiger partial charge in [-0.05, 0) is 18.4 Å². The summed E-state index contributed by atoms with van der Waals surface area (Å²) in [4.78, 5) is 15.3. The summed E-state index contributed by atoms with van der Waals surface area (Å²) in [5.74, 6) is 0.187. The van der Waals surface area contributed by atoms with E-state index in [1.165, 1.54) is 0 Å². The van der Waals surface area contributed by atoms with Crippen molar-refractivity contribution in [3.63, 3.8) is 0 Å². The summed E-state index contributed by atoms with van der Waals surface area (Å²) in [5, 5.41) is 0. The van der Waals surface area contributed by atoms with Crippen molar-refractivity contribution in [3.8, 4) is 0 Å². The van der Waals surface area contributed by atoms with Crippen LogP contribution in [0.5, 0.6) is 0 Å². The minimum atomic E-state index is -0.518. The van der Waals surface area contributed by atoms with E-state index < -0.39 is 6.09 Å². The van der Waals surface area contributed by atoms with E-state index in [4.69, 9.17) is 4.74 Å². The summed E-state index contributed by atoms with van der Waals surface area (Å²) in [6.45, 7) is 6.13. The highest BCUT2D eigenvalue weighted by atomic mass is 16.5. The van der Waals surface area contributed by atoms with Gasteiger partial charge in [-0.2, -0.15) is 4.99 Å². The number of aliphatic imine (C=N–C) groups is 1. The molecule has 0 unspecified atom stereocenters. The SMILES string of the molecule is CCOC(=O)/N=C(\c1ccccc1)C(C)C. The highest BCUT2D eigenvalue weighted by molar-refractivity contribution is 6.06. The topological polar surface area (TPSA) is 38.7 Å². The van der Waals surface area contributed by atoms with Crippen LogP contribution in [0.25, 0.3) is 0 Å². The first-order chi connectivity index (χ1) is 7.65. The molecule has 16 heavy (non-hydrogen) atoms. The normalized spacial score (nSPS) is 11.6. The van der Waals surface area contributed by atoms with E-state index in [2.05, 4.69) is 4.99 Å². The second-order valence-electron chi connectivity index (χ2n) is 3.72. The maximum Gasteiger partial charge on any atom is 0.433 e. The molecule has 1 aromatic rings. The van der Waals surface area contributed by atoms with Crippen molar-refractivity contribution in [1.29, 1.82) is 0 Å². The average molecular weight is 219 g/mol. The van der Waals surface area contributed by atoms with Gasteiger partial charge in [-0.3, -0.25) is 0 Å². The van der Waals surface area contributed by atoms with E-state index >= 15 is 0 Å². The summed E-state index contributed by atoms with van der Waals surface area (Å²) in [6, 6.07) is 9.68. The summed E-state index contributed by atoms with van der Waals surface area (Å²) in [7, 11) is 0. The van der Waals surface area contributed by atoms with Crippen molar-refractivity contribution in [2.75, 3.05) is 6.61 Å². The zero-order valence-corrected chi connectivity index (χ0v) is 9.93. The number of rotatable bonds is 3. The Morgan fingerprint density at radius 1 is 1.31 bits per heavy atom. The van der Waals surface area contributed by atoms with E-state index in [0.29, 0.717) is 6.61 Å². The molecule has 3 nitrogen and oxygen atoms in total. The molecule has 1 aromatic carbocycles. The lowest BCUT2D eigenvalue weighted by Gasteiger charge is -2.09. The smallest absolute Gasteiger partial charge is 0.433 e. The minimum absolute atomic E-state index is 0.187. The molecule has 0 fully saturated rings. The van der Waals surface area contributed by atoms with Crippen molar-refractivity contribution < 1.29 is 9.53 Å². The van der Waals surface area contributed by atoms with E-state index in [-0.39, 0.29) is 5.92 Å². The van der Waals surface area contributed by atoms with Gasteiger partial charge in [0, 0.05) is 0 Å². The Bertz CT molecular complexity index is 369. The molecule has 0 spiro atoms. The second-order valence-corrected chi connectivity index (χ2v) is 3.72. The maximum atomic E-state index is 11.3. The van der Waals surface area contributed by atoms with E-state index in [9.17, 15) is 4.79 Å². The number of carbonyl (C=O) groups is 1. The van der Waals surface area contributed by atoms with Crippen molar-refractivity contribution in [1.82, 2.24) is 0 Å². The quantitative estimate of drug-likeness (QED) is 0.732. The fourth-order valence-electron chi connectivity index (χ4n) is 1.39. The molecule has 1 rings (SSSR count). The van der Waals surface area contributed by atoms with Crippen LogP contribution >= 0.6 is 0 Å². The standard InChI is InChI=1S/C13H17NO2/c1-4-16-13(15)14-12(10(2)3)11-8-6-5-7-9-11/h5-10H,4H2,1-3H3/b14-12-. The van der Waals surface area contributed by atoms with Gasteiger partial charge in [-0.15, -0.1) is 0 Å². The maximum absolute atomic E-state index is 11.3. The van der Waals surface area contributed by atoms with Crippen molar-refractivity contribution in [2.45, 2.75) is 20.8 Å². The molecule has 3 heteroatoms. The molecule has 0 bridgehead atoms. The monoisotopic (exact) mass is 219 g/mol. The first-order valence-electron chi connectivity index (χ1n) is 5.46. The van der Waals surface area contributed by atoms with Gasteiger partial charge in [0.25, 0.3) is 0 Å². The van der Waals surface area contributed by atoms with Crippen molar-refractivity contribution in [3.05, 3.63) is 35.9 Å². The lowest BCUT2D eigenvalue weighted by atomic mass is 10.0. The summed E-state index contributed by atoms with van der Waals surface area (Å²) >= 11 is 0. The fraction of sp³-hybridized carbons (Fsp3) is 0.385. The number of nitrogens with zero attached hydrogens (tertiary/aromatic N) is 1. The van der Waals surface area contributed by atoms with Gasteiger partial charge < -0.3 is 4.74 Å². The Morgan fingerprint density at radius 3 is 2.44 bits per heavy atom. The average Bonchev–Trinajstić information content (AvgIpc) is 2.27. The number of carbonyl (C=O) groups excluding carboxylic acids is 1. The molecule has 0 radical (unpaired) electrons. The zero-order chi connectivity index (χ0) is 12.0. The molecule has 0 aliphatic heterocycles. The van der Waals surface area contributed by atoms with Crippen LogP contribution < -0.4 is 0 Å². The van der Waals surface area contributed by atoms with Crippen LogP contribution in [-0.4, -0.2) is 18.4 Å². The third-order valence-electron chi connectivity index (χ3n) is 2.10. The second kappa shape index (κ2) is 6.05. The van der Waals surface area contributed by atoms with Crippen LogP contribution in [0.15, 0.2) is 35.3 Å². The minimum Gasteiger partial charge on any atom is -0.448 e. The molecular formula is C13H17NO2. The molecule has 86 valence electrons. The predicted molar refractivity (Wildman–Crippen MR) is 64.8 cm³/mol. The molecule has 0 N–H and O–H groups in total. The number of hydrogen-bond acceptors (Lipinski definition) is 2. The summed E-state index contributed by atoms with van der Waals surface area (Å²) in [6.07, 6.45) is -0.518. The van der Waals surface area contributed by atoms with Crippen LogP contribution in [0.2, 0.25) is 0 Å². The molecule has 1 amide bonds. The van der Waals surface area contributed by atoms with Crippen LogP contribution in [0.4, 0.5) is 4.79 Å². The van der Waals surface area contributed by atoms with Gasteiger partial charge in [0.2, 0.25) is 0 Å². The molecule has 0 aromatic heterocycles. The number of amides is 1. The van der Waals surface area contributed by atoms with Crippen LogP contribution in [-0.2, 0) is 4.74 Å². The largest absolute Gasteiger partial charge is 0.448 e. The first-order valence-corrected chi connectivity index (χ1v) is 5.46. The molecule has 0 aliphatic carbocycles. The molecular weight excluding hydrogens is 202 g/mol. The first kappa shape index (κ1) is 12.4. The van der Waals surface area contributed by atoms with E-state index in [1.54, 1.807) is 6.92 Å². The Kier molecular flexibility index (Phi) is 4.70. The Morgan fingerprint density at radius 2 is 1.94 bits per heavy atom. The van der Waals surface area contributed by atoms with Gasteiger partial charge in [-0.1, -0.05) is 44.2 Å². The van der Waals surface area contributed by atoms with E-state index in [0.717, 1.165) is 11.3 Å². The molecule has 0 atom stereocenters. The van der Waals surface area contributed by atoms with Gasteiger partial charge in [0.05, 0.1) is 12.3 Å². The fourth-order valence-corrected chi connectivity index (χ4v) is 1.39. The Balaban J connectivity index is 2.96. The van der Waals surface area contributed by atoms with Gasteiger partial charge in [0.1, 0.15) is 0 Å². The summed E-state index contributed by atoms with van der Waals surface area (Å²) < 4.78 is 4.82. The summed E-state index contributed by atoms with van der Waals surface area (Å²) in [5.41, 5.74) is 1.73. The zero-order valence-electron chi connectivity index (χ0n) is 9.93. The van der Waals surface area contributed by atoms with Crippen molar-refractivity contribution in [2.24, 2.45) is 10.9 Å². The van der Waals surface area contributed by atoms with Gasteiger partial charge in [0.15, 0.2) is 0 Å². The number of ether oxygens (including phenoxy) is 1. The van der Waals surface area contributed by atoms with Crippen molar-refractivity contribution >= 4 is 11.8 Å². The van der Waals surface area contributed by atoms with Crippen LogP contribution in [0.1, 0.15) is 26.3 Å². The van der Waals surface area contributed by atoms with E-state index in [1.807, 2.05) is 44.2 Å². The van der Waals surface area contributed by atoms with Crippen LogP contribution in [0.3, 0.4) is 0 Å². The third-order valence-corrected chi connectivity index (χ3v) is 2.10. The lowest BCUT2D eigenvalue weighted by Crippen LogP contribution is -2.13. The van der Waals surface area contributed by atoms with Gasteiger partial charge in [-0.25, -0.2) is 4.79 Å². The molecule has 0 heterocycles. The Labute approximate surface area is 96.2 Å².